The van der Waals surface area contributed by atoms with Crippen LogP contribution in [-0.4, -0.2) is 18.4 Å². The minimum Gasteiger partial charge on any atom is -0.566 e. The molecular formula is C16H15F2O7PS. The lowest BCUT2D eigenvalue weighted by Gasteiger charge is -2.10. The predicted octanol–water partition coefficient (Wildman–Crippen LogP) is 3.33. The largest absolute Gasteiger partial charge is 0.566 e. The topological polar surface area (TPSA) is 113 Å². The molecule has 27 heavy (non-hydrogen) atoms. The molecule has 0 spiro atoms. The van der Waals surface area contributed by atoms with Gasteiger partial charge in [-0.05, 0) is 53.7 Å². The Balaban J connectivity index is 1.98. The lowest BCUT2D eigenvalue weighted by molar-refractivity contribution is -0.187. The maximum Gasteiger partial charge on any atom is 0.489 e. The van der Waals surface area contributed by atoms with E-state index in [9.17, 15) is 26.7 Å². The van der Waals surface area contributed by atoms with E-state index in [1.165, 1.54) is 6.07 Å². The second kappa shape index (κ2) is 9.29. The van der Waals surface area contributed by atoms with E-state index in [2.05, 4.69) is 4.52 Å². The van der Waals surface area contributed by atoms with E-state index in [4.69, 9.17) is 9.29 Å². The van der Waals surface area contributed by atoms with Gasteiger partial charge in [0.2, 0.25) is 5.44 Å². The van der Waals surface area contributed by atoms with E-state index < -0.39 is 35.4 Å². The summed E-state index contributed by atoms with van der Waals surface area (Å²) in [6.45, 7) is 0. The average Bonchev–Trinajstić information content (AvgIpc) is 2.56. The maximum atomic E-state index is 13.2. The molecule has 0 fully saturated rings. The summed E-state index contributed by atoms with van der Waals surface area (Å²) >= 11 is 0. The normalized spacial score (nSPS) is 13.3. The van der Waals surface area contributed by atoms with Crippen molar-refractivity contribution in [3.63, 3.8) is 0 Å². The molecule has 0 radical (unpaired) electrons. The van der Waals surface area contributed by atoms with Crippen molar-refractivity contribution in [3.05, 3.63) is 59.7 Å². The van der Waals surface area contributed by atoms with E-state index in [0.717, 1.165) is 17.7 Å². The van der Waals surface area contributed by atoms with Crippen LogP contribution in [0.4, 0.5) is 8.78 Å². The quantitative estimate of drug-likeness (QED) is 0.489. The van der Waals surface area contributed by atoms with Crippen molar-refractivity contribution in [3.8, 4) is 11.5 Å². The third-order valence-electron chi connectivity index (χ3n) is 3.47. The molecule has 0 bridgehead atoms. The molecule has 2 atom stereocenters. The Morgan fingerprint density at radius 2 is 1.81 bits per heavy atom. The summed E-state index contributed by atoms with van der Waals surface area (Å²) in [5.41, 5.74) is -1.14. The molecule has 0 aliphatic rings. The van der Waals surface area contributed by atoms with Crippen molar-refractivity contribution in [2.75, 3.05) is 0 Å². The van der Waals surface area contributed by atoms with Gasteiger partial charge in [0, 0.05) is 6.07 Å². The van der Waals surface area contributed by atoms with Crippen LogP contribution >= 0.6 is 8.25 Å². The summed E-state index contributed by atoms with van der Waals surface area (Å²) in [7, 11) is -8.10. The van der Waals surface area contributed by atoms with E-state index >= 15 is 0 Å². The SMILES string of the molecule is O=[P+]([O-])OC(CCCc1cccc(Oc2ccc(F)c(F)c2)c1)S(=O)(=O)O. The number of benzene rings is 2. The Hall–Kier alpha value is -1.97. The Kier molecular flexibility index (Phi) is 7.34. The molecule has 0 aliphatic carbocycles. The highest BCUT2D eigenvalue weighted by Crippen LogP contribution is 2.25. The van der Waals surface area contributed by atoms with Gasteiger partial charge in [0.1, 0.15) is 11.5 Å². The molecule has 1 N–H and O–H groups in total. The summed E-state index contributed by atoms with van der Waals surface area (Å²) in [6, 6.07) is 9.68. The van der Waals surface area contributed by atoms with E-state index in [1.54, 1.807) is 24.3 Å². The van der Waals surface area contributed by atoms with Gasteiger partial charge in [-0.1, -0.05) is 12.1 Å². The molecular weight excluding hydrogens is 405 g/mol. The third-order valence-corrected chi connectivity index (χ3v) is 5.03. The molecule has 0 saturated carbocycles. The molecule has 2 unspecified atom stereocenters. The standard InChI is InChI=1S/C16H15F2O7PS/c17-14-8-7-13(10-15(14)18)24-12-5-1-3-11(9-12)4-2-6-16(25-26(19)20)27(21,22)23/h1,3,5,7-10,16H,2,4,6H2,(H,21,22,23). The molecule has 0 saturated heterocycles. The summed E-state index contributed by atoms with van der Waals surface area (Å²) in [5.74, 6) is -1.59. The molecule has 0 aliphatic heterocycles. The van der Waals surface area contributed by atoms with Gasteiger partial charge in [0.25, 0.3) is 10.1 Å². The van der Waals surface area contributed by atoms with Crippen LogP contribution < -0.4 is 9.63 Å². The molecule has 7 nitrogen and oxygen atoms in total. The number of aryl methyl sites for hydroxylation is 1. The van der Waals surface area contributed by atoms with Crippen molar-refractivity contribution in [1.29, 1.82) is 0 Å². The number of halogens is 2. The van der Waals surface area contributed by atoms with Gasteiger partial charge >= 0.3 is 8.25 Å². The molecule has 2 rings (SSSR count). The van der Waals surface area contributed by atoms with Crippen LogP contribution in [0.1, 0.15) is 18.4 Å². The minimum absolute atomic E-state index is 0.102. The fraction of sp³-hybridized carbons (Fsp3) is 0.250. The minimum atomic E-state index is -4.67. The smallest absolute Gasteiger partial charge is 0.489 e. The molecule has 2 aromatic carbocycles. The van der Waals surface area contributed by atoms with Crippen LogP contribution in [0.5, 0.6) is 11.5 Å². The van der Waals surface area contributed by atoms with E-state index in [1.807, 2.05) is 0 Å². The summed E-state index contributed by atoms with van der Waals surface area (Å²) in [6.07, 6.45) is 0.290. The summed E-state index contributed by atoms with van der Waals surface area (Å²) in [4.78, 5) is 10.5. The lowest BCUT2D eigenvalue weighted by atomic mass is 10.1. The van der Waals surface area contributed by atoms with E-state index in [0.29, 0.717) is 12.2 Å². The first-order valence-corrected chi connectivity index (χ1v) is 10.2. The van der Waals surface area contributed by atoms with Crippen molar-refractivity contribution in [2.24, 2.45) is 0 Å². The Morgan fingerprint density at radius 3 is 2.44 bits per heavy atom. The first kappa shape index (κ1) is 21.3. The monoisotopic (exact) mass is 420 g/mol. The van der Waals surface area contributed by atoms with Gasteiger partial charge in [0.15, 0.2) is 11.6 Å². The number of rotatable bonds is 9. The molecule has 11 heteroatoms. The van der Waals surface area contributed by atoms with Gasteiger partial charge in [-0.3, -0.25) is 4.55 Å². The van der Waals surface area contributed by atoms with Crippen molar-refractivity contribution < 1.29 is 40.5 Å². The third kappa shape index (κ3) is 6.93. The number of ether oxygens (including phenoxy) is 1. The van der Waals surface area contributed by atoms with Crippen molar-refractivity contribution in [1.82, 2.24) is 0 Å². The van der Waals surface area contributed by atoms with Crippen LogP contribution in [-0.2, 0) is 25.6 Å². The molecule has 0 aromatic heterocycles. The maximum absolute atomic E-state index is 13.2. The van der Waals surface area contributed by atoms with Gasteiger partial charge in [-0.15, -0.1) is 4.52 Å². The van der Waals surface area contributed by atoms with Crippen LogP contribution in [0.25, 0.3) is 0 Å². The van der Waals surface area contributed by atoms with Crippen LogP contribution in [0.15, 0.2) is 42.5 Å². The highest BCUT2D eigenvalue weighted by atomic mass is 32.2. The summed E-state index contributed by atoms with van der Waals surface area (Å²) < 4.78 is 77.5. The zero-order valence-electron chi connectivity index (χ0n) is 13.7. The molecule has 0 amide bonds. The fourth-order valence-electron chi connectivity index (χ4n) is 2.27. The molecule has 146 valence electrons. The Bertz CT molecular complexity index is 921. The highest BCUT2D eigenvalue weighted by Gasteiger charge is 2.29. The number of hydrogen-bond acceptors (Lipinski definition) is 6. The highest BCUT2D eigenvalue weighted by molar-refractivity contribution is 7.86. The predicted molar refractivity (Wildman–Crippen MR) is 89.8 cm³/mol. The second-order valence-corrected chi connectivity index (χ2v) is 7.70. The van der Waals surface area contributed by atoms with Crippen molar-refractivity contribution in [2.45, 2.75) is 24.7 Å². The van der Waals surface area contributed by atoms with Crippen LogP contribution in [0.2, 0.25) is 0 Å². The zero-order valence-corrected chi connectivity index (χ0v) is 15.5. The molecule has 0 heterocycles. The fourth-order valence-corrected chi connectivity index (χ4v) is 3.67. The average molecular weight is 420 g/mol. The summed E-state index contributed by atoms with van der Waals surface area (Å²) in [5, 5.41) is 0. The van der Waals surface area contributed by atoms with E-state index in [-0.39, 0.29) is 18.6 Å². The Morgan fingerprint density at radius 1 is 1.11 bits per heavy atom. The Labute approximate surface area is 155 Å². The van der Waals surface area contributed by atoms with Crippen LogP contribution in [0, 0.1) is 11.6 Å². The van der Waals surface area contributed by atoms with Gasteiger partial charge in [0.05, 0.1) is 0 Å². The first-order chi connectivity index (χ1) is 12.6. The zero-order chi connectivity index (χ0) is 20.0. The molecule has 2 aromatic rings. The van der Waals surface area contributed by atoms with Gasteiger partial charge < -0.3 is 9.63 Å². The lowest BCUT2D eigenvalue weighted by Crippen LogP contribution is -2.22. The number of hydrogen-bond donors (Lipinski definition) is 1. The first-order valence-electron chi connectivity index (χ1n) is 7.64. The van der Waals surface area contributed by atoms with Crippen LogP contribution in [0.3, 0.4) is 0 Å². The van der Waals surface area contributed by atoms with Gasteiger partial charge in [-0.2, -0.15) is 8.42 Å². The van der Waals surface area contributed by atoms with Crippen molar-refractivity contribution >= 4 is 18.4 Å². The second-order valence-electron chi connectivity index (χ2n) is 5.49. The van der Waals surface area contributed by atoms with Gasteiger partial charge in [-0.25, -0.2) is 8.78 Å².